The third kappa shape index (κ3) is 2.93. The van der Waals surface area contributed by atoms with Crippen molar-refractivity contribution in [3.8, 4) is 0 Å². The maximum atomic E-state index is 12.2. The van der Waals surface area contributed by atoms with E-state index < -0.39 is 5.60 Å². The Kier molecular flexibility index (Phi) is 4.30. The first-order valence-electron chi connectivity index (χ1n) is 7.62. The lowest BCUT2D eigenvalue weighted by molar-refractivity contribution is 0.0222. The SMILES string of the molecule is CC(C)(C)OC(=O)NC1(C2(CN)CCCC2)CCOC1. The Bertz CT molecular complexity index is 351. The molecule has 0 spiro atoms. The van der Waals surface area contributed by atoms with E-state index >= 15 is 0 Å². The predicted molar refractivity (Wildman–Crippen MR) is 77.5 cm³/mol. The van der Waals surface area contributed by atoms with Crippen LogP contribution >= 0.6 is 0 Å². The van der Waals surface area contributed by atoms with Gasteiger partial charge in [0.05, 0.1) is 12.1 Å². The number of alkyl carbamates (subject to hydrolysis) is 1. The molecule has 0 aromatic carbocycles. The molecule has 0 aromatic rings. The fraction of sp³-hybridized carbons (Fsp3) is 0.933. The number of carbonyl (C=O) groups is 1. The minimum absolute atomic E-state index is 0.0413. The molecule has 1 atom stereocenters. The lowest BCUT2D eigenvalue weighted by Crippen LogP contribution is -2.63. The van der Waals surface area contributed by atoms with Gasteiger partial charge in [-0.25, -0.2) is 4.79 Å². The maximum Gasteiger partial charge on any atom is 0.408 e. The highest BCUT2D eigenvalue weighted by atomic mass is 16.6. The quantitative estimate of drug-likeness (QED) is 0.833. The number of rotatable bonds is 3. The first-order chi connectivity index (χ1) is 9.33. The van der Waals surface area contributed by atoms with Crippen LogP contribution in [-0.2, 0) is 9.47 Å². The first-order valence-corrected chi connectivity index (χ1v) is 7.62. The molecule has 5 heteroatoms. The monoisotopic (exact) mass is 284 g/mol. The summed E-state index contributed by atoms with van der Waals surface area (Å²) >= 11 is 0. The summed E-state index contributed by atoms with van der Waals surface area (Å²) in [6.45, 7) is 7.43. The van der Waals surface area contributed by atoms with Crippen LogP contribution in [0.15, 0.2) is 0 Å². The van der Waals surface area contributed by atoms with Gasteiger partial charge in [0.1, 0.15) is 5.60 Å². The van der Waals surface area contributed by atoms with Crippen molar-refractivity contribution in [2.24, 2.45) is 11.1 Å². The van der Waals surface area contributed by atoms with Gasteiger partial charge in [-0.3, -0.25) is 0 Å². The standard InChI is InChI=1S/C15H28N2O3/c1-13(2,3)20-12(18)17-15(8-9-19-11-15)14(10-16)6-4-5-7-14/h4-11,16H2,1-3H3,(H,17,18). The number of nitrogens with two attached hydrogens (primary N) is 1. The van der Waals surface area contributed by atoms with Gasteiger partial charge in [0.15, 0.2) is 0 Å². The van der Waals surface area contributed by atoms with Crippen molar-refractivity contribution in [3.63, 3.8) is 0 Å². The molecule has 2 fully saturated rings. The Morgan fingerprint density at radius 3 is 2.40 bits per heavy atom. The zero-order chi connectivity index (χ0) is 14.9. The highest BCUT2D eigenvalue weighted by Crippen LogP contribution is 2.49. The molecule has 1 saturated carbocycles. The minimum atomic E-state index is -0.490. The fourth-order valence-corrected chi connectivity index (χ4v) is 3.64. The van der Waals surface area contributed by atoms with Crippen molar-refractivity contribution in [2.45, 2.75) is 64.0 Å². The van der Waals surface area contributed by atoms with Crippen LogP contribution in [0.1, 0.15) is 52.9 Å². The average Bonchev–Trinajstić information content (AvgIpc) is 2.95. The van der Waals surface area contributed by atoms with Gasteiger partial charge in [-0.2, -0.15) is 0 Å². The minimum Gasteiger partial charge on any atom is -0.444 e. The van der Waals surface area contributed by atoms with Crippen LogP contribution in [0.4, 0.5) is 4.79 Å². The second-order valence-corrected chi connectivity index (χ2v) is 7.20. The summed E-state index contributed by atoms with van der Waals surface area (Å²) in [4.78, 5) is 12.2. The summed E-state index contributed by atoms with van der Waals surface area (Å²) in [5, 5.41) is 3.12. The molecule has 1 saturated heterocycles. The summed E-state index contributed by atoms with van der Waals surface area (Å²) in [6, 6.07) is 0. The zero-order valence-corrected chi connectivity index (χ0v) is 13.0. The number of carbonyl (C=O) groups excluding carboxylic acids is 1. The van der Waals surface area contributed by atoms with E-state index in [-0.39, 0.29) is 17.0 Å². The molecular weight excluding hydrogens is 256 g/mol. The van der Waals surface area contributed by atoms with Gasteiger partial charge in [-0.05, 0) is 40.0 Å². The molecule has 1 unspecified atom stereocenters. The average molecular weight is 284 g/mol. The van der Waals surface area contributed by atoms with Gasteiger partial charge >= 0.3 is 6.09 Å². The second-order valence-electron chi connectivity index (χ2n) is 7.20. The first kappa shape index (κ1) is 15.6. The van der Waals surface area contributed by atoms with Gasteiger partial charge in [0.2, 0.25) is 0 Å². The third-order valence-electron chi connectivity index (χ3n) is 4.73. The molecule has 20 heavy (non-hydrogen) atoms. The van der Waals surface area contributed by atoms with Gasteiger partial charge in [-0.1, -0.05) is 12.8 Å². The van der Waals surface area contributed by atoms with Crippen LogP contribution in [0.5, 0.6) is 0 Å². The molecular formula is C15H28N2O3. The van der Waals surface area contributed by atoms with E-state index in [9.17, 15) is 4.79 Å². The Hall–Kier alpha value is -0.810. The summed E-state index contributed by atoms with van der Waals surface area (Å²) < 4.78 is 11.0. The van der Waals surface area contributed by atoms with Crippen molar-refractivity contribution < 1.29 is 14.3 Å². The molecule has 1 amide bonds. The molecule has 2 aliphatic rings. The van der Waals surface area contributed by atoms with Crippen LogP contribution < -0.4 is 11.1 Å². The third-order valence-corrected chi connectivity index (χ3v) is 4.73. The van der Waals surface area contributed by atoms with Gasteiger partial charge in [0, 0.05) is 18.6 Å². The van der Waals surface area contributed by atoms with Crippen LogP contribution in [0.25, 0.3) is 0 Å². The summed E-state index contributed by atoms with van der Waals surface area (Å²) in [7, 11) is 0. The molecule has 5 nitrogen and oxygen atoms in total. The molecule has 0 bridgehead atoms. The van der Waals surface area contributed by atoms with E-state index in [1.54, 1.807) is 0 Å². The second kappa shape index (κ2) is 5.53. The molecule has 1 aliphatic carbocycles. The van der Waals surface area contributed by atoms with Crippen molar-refractivity contribution >= 4 is 6.09 Å². The lowest BCUT2D eigenvalue weighted by Gasteiger charge is -2.45. The summed E-state index contributed by atoms with van der Waals surface area (Å²) in [5.41, 5.74) is 5.20. The van der Waals surface area contributed by atoms with Gasteiger partial charge in [0.25, 0.3) is 0 Å². The Balaban J connectivity index is 2.15. The highest BCUT2D eigenvalue weighted by Gasteiger charge is 2.55. The Labute approximate surface area is 121 Å². The van der Waals surface area contributed by atoms with E-state index in [2.05, 4.69) is 5.32 Å². The van der Waals surface area contributed by atoms with E-state index in [4.69, 9.17) is 15.2 Å². The Morgan fingerprint density at radius 2 is 1.95 bits per heavy atom. The van der Waals surface area contributed by atoms with Crippen LogP contribution in [-0.4, -0.2) is 37.0 Å². The normalized spacial score (nSPS) is 29.4. The van der Waals surface area contributed by atoms with Gasteiger partial charge < -0.3 is 20.5 Å². The molecule has 0 radical (unpaired) electrons. The fourth-order valence-electron chi connectivity index (χ4n) is 3.64. The van der Waals surface area contributed by atoms with Crippen molar-refractivity contribution in [2.75, 3.05) is 19.8 Å². The lowest BCUT2D eigenvalue weighted by atomic mass is 9.67. The smallest absolute Gasteiger partial charge is 0.408 e. The number of amides is 1. The topological polar surface area (TPSA) is 73.6 Å². The summed E-state index contributed by atoms with van der Waals surface area (Å²) in [6.07, 6.45) is 4.93. The van der Waals surface area contributed by atoms with Crippen LogP contribution in [0, 0.1) is 5.41 Å². The molecule has 2 rings (SSSR count). The van der Waals surface area contributed by atoms with E-state index in [0.717, 1.165) is 19.3 Å². The zero-order valence-electron chi connectivity index (χ0n) is 13.0. The van der Waals surface area contributed by atoms with E-state index in [1.165, 1.54) is 12.8 Å². The van der Waals surface area contributed by atoms with E-state index in [0.29, 0.717) is 19.8 Å². The molecule has 3 N–H and O–H groups in total. The Morgan fingerprint density at radius 1 is 1.30 bits per heavy atom. The number of hydrogen-bond acceptors (Lipinski definition) is 4. The van der Waals surface area contributed by atoms with E-state index in [1.807, 2.05) is 20.8 Å². The molecule has 1 aliphatic heterocycles. The number of ether oxygens (including phenoxy) is 2. The largest absolute Gasteiger partial charge is 0.444 e. The molecule has 1 heterocycles. The van der Waals surface area contributed by atoms with Crippen molar-refractivity contribution in [3.05, 3.63) is 0 Å². The van der Waals surface area contributed by atoms with Crippen molar-refractivity contribution in [1.82, 2.24) is 5.32 Å². The number of hydrogen-bond donors (Lipinski definition) is 2. The predicted octanol–water partition coefficient (Wildman–Crippen LogP) is 2.19. The highest BCUT2D eigenvalue weighted by molar-refractivity contribution is 5.69. The van der Waals surface area contributed by atoms with Crippen LogP contribution in [0.3, 0.4) is 0 Å². The maximum absolute atomic E-state index is 12.2. The molecule has 0 aromatic heterocycles. The summed E-state index contributed by atoms with van der Waals surface area (Å²) in [5.74, 6) is 0. The number of nitrogens with one attached hydrogen (secondary N) is 1. The van der Waals surface area contributed by atoms with Crippen molar-refractivity contribution in [1.29, 1.82) is 0 Å². The van der Waals surface area contributed by atoms with Gasteiger partial charge in [-0.15, -0.1) is 0 Å². The van der Waals surface area contributed by atoms with Crippen LogP contribution in [0.2, 0.25) is 0 Å². The molecule has 116 valence electrons.